The number of halogens is 1. The Morgan fingerprint density at radius 2 is 1.82 bits per heavy atom. The van der Waals surface area contributed by atoms with Crippen molar-refractivity contribution in [1.82, 2.24) is 0 Å². The monoisotopic (exact) mass is 403 g/mol. The first-order chi connectivity index (χ1) is 13.7. The highest BCUT2D eigenvalue weighted by atomic mass is 35.5. The molecule has 3 nitrogen and oxygen atoms in total. The molecule has 0 fully saturated rings. The highest BCUT2D eigenvalue weighted by molar-refractivity contribution is 7.21. The molecular weight excluding hydrogens is 390 g/mol. The van der Waals surface area contributed by atoms with Crippen LogP contribution < -0.4 is 4.74 Å². The fraction of sp³-hybridized carbons (Fsp3) is 0.0435. The molecule has 4 rings (SSSR count). The second kappa shape index (κ2) is 7.85. The maximum Gasteiger partial charge on any atom is 0.206 e. The summed E-state index contributed by atoms with van der Waals surface area (Å²) >= 11 is 7.47. The number of carbonyl (C=O) groups excluding carboxylic acids is 1. The van der Waals surface area contributed by atoms with E-state index < -0.39 is 0 Å². The second-order valence-corrected chi connectivity index (χ2v) is 7.68. The fourth-order valence-electron chi connectivity index (χ4n) is 2.92. The molecule has 0 aliphatic rings. The third-order valence-corrected chi connectivity index (χ3v) is 5.69. The maximum atomic E-state index is 13.1. The van der Waals surface area contributed by atoms with Gasteiger partial charge in [0.25, 0.3) is 0 Å². The van der Waals surface area contributed by atoms with Crippen molar-refractivity contribution in [2.75, 3.05) is 0 Å². The molecule has 0 spiro atoms. The third kappa shape index (κ3) is 3.63. The summed E-state index contributed by atoms with van der Waals surface area (Å²) in [7, 11) is 0. The molecule has 0 amide bonds. The smallest absolute Gasteiger partial charge is 0.206 e. The molecule has 0 unspecified atom stereocenters. The zero-order chi connectivity index (χ0) is 19.5. The van der Waals surface area contributed by atoms with Gasteiger partial charge >= 0.3 is 0 Å². The van der Waals surface area contributed by atoms with Crippen LogP contribution in [0.25, 0.3) is 10.1 Å². The van der Waals surface area contributed by atoms with Crippen LogP contribution in [0.5, 0.6) is 5.75 Å². The van der Waals surface area contributed by atoms with Crippen LogP contribution in [-0.2, 0) is 6.61 Å². The molecule has 1 heterocycles. The molecule has 1 aromatic heterocycles. The van der Waals surface area contributed by atoms with E-state index in [0.717, 1.165) is 15.6 Å². The lowest BCUT2D eigenvalue weighted by Crippen LogP contribution is -2.03. The molecule has 0 radical (unpaired) electrons. The van der Waals surface area contributed by atoms with Gasteiger partial charge in [-0.2, -0.15) is 5.26 Å². The molecule has 0 atom stereocenters. The largest absolute Gasteiger partial charge is 0.487 e. The summed E-state index contributed by atoms with van der Waals surface area (Å²) in [4.78, 5) is 13.7. The standard InChI is InChI=1S/C23H14ClNO2S/c24-18-5-3-4-16(12-18)14-27-22-19-6-1-2-7-20(19)28-23(22)21(26)17-10-8-15(13-25)9-11-17/h1-12H,14H2. The number of ether oxygens (including phenoxy) is 1. The first-order valence-corrected chi connectivity index (χ1v) is 9.79. The van der Waals surface area contributed by atoms with Crippen LogP contribution in [0, 0.1) is 11.3 Å². The maximum absolute atomic E-state index is 13.1. The number of thiophene rings is 1. The van der Waals surface area contributed by atoms with Crippen LogP contribution >= 0.6 is 22.9 Å². The van der Waals surface area contributed by atoms with E-state index in [-0.39, 0.29) is 5.78 Å². The van der Waals surface area contributed by atoms with Crippen molar-refractivity contribution < 1.29 is 9.53 Å². The molecule has 0 N–H and O–H groups in total. The molecule has 136 valence electrons. The van der Waals surface area contributed by atoms with Crippen molar-refractivity contribution in [3.63, 3.8) is 0 Å². The summed E-state index contributed by atoms with van der Waals surface area (Å²) in [5, 5.41) is 10.5. The van der Waals surface area contributed by atoms with Crippen molar-refractivity contribution in [2.24, 2.45) is 0 Å². The molecule has 0 aliphatic heterocycles. The minimum absolute atomic E-state index is 0.119. The summed E-state index contributed by atoms with van der Waals surface area (Å²) in [5.74, 6) is 0.460. The molecule has 0 aliphatic carbocycles. The van der Waals surface area contributed by atoms with Crippen molar-refractivity contribution in [2.45, 2.75) is 6.61 Å². The lowest BCUT2D eigenvalue weighted by molar-refractivity contribution is 0.103. The summed E-state index contributed by atoms with van der Waals surface area (Å²) in [6.07, 6.45) is 0. The van der Waals surface area contributed by atoms with E-state index >= 15 is 0 Å². The molecule has 3 aromatic carbocycles. The Hall–Kier alpha value is -3.13. The highest BCUT2D eigenvalue weighted by Gasteiger charge is 2.21. The van der Waals surface area contributed by atoms with Crippen LogP contribution in [0.3, 0.4) is 0 Å². The van der Waals surface area contributed by atoms with Gasteiger partial charge in [0.05, 0.1) is 11.6 Å². The van der Waals surface area contributed by atoms with E-state index in [9.17, 15) is 4.79 Å². The Labute approximate surface area is 171 Å². The average Bonchev–Trinajstić information content (AvgIpc) is 3.10. The molecule has 28 heavy (non-hydrogen) atoms. The first-order valence-electron chi connectivity index (χ1n) is 8.59. The van der Waals surface area contributed by atoms with Crippen molar-refractivity contribution in [3.05, 3.63) is 99.4 Å². The van der Waals surface area contributed by atoms with Gasteiger partial charge in [-0.25, -0.2) is 0 Å². The average molecular weight is 404 g/mol. The van der Waals surface area contributed by atoms with Gasteiger partial charge in [-0.3, -0.25) is 4.79 Å². The van der Waals surface area contributed by atoms with E-state index in [2.05, 4.69) is 6.07 Å². The van der Waals surface area contributed by atoms with Gasteiger partial charge in [-0.05, 0) is 54.1 Å². The SMILES string of the molecule is N#Cc1ccc(C(=O)c2sc3ccccc3c2OCc2cccc(Cl)c2)cc1. The molecule has 0 saturated carbocycles. The number of ketones is 1. The van der Waals surface area contributed by atoms with Crippen LogP contribution in [0.2, 0.25) is 5.02 Å². The quantitative estimate of drug-likeness (QED) is 0.371. The number of nitrogens with zero attached hydrogens (tertiary/aromatic N) is 1. The van der Waals surface area contributed by atoms with E-state index in [1.165, 1.54) is 11.3 Å². The normalized spacial score (nSPS) is 10.6. The number of rotatable bonds is 5. The Morgan fingerprint density at radius 1 is 1.04 bits per heavy atom. The molecular formula is C23H14ClNO2S. The first kappa shape index (κ1) is 18.2. The lowest BCUT2D eigenvalue weighted by atomic mass is 10.1. The van der Waals surface area contributed by atoms with Crippen molar-refractivity contribution in [1.29, 1.82) is 5.26 Å². The third-order valence-electron chi connectivity index (χ3n) is 4.30. The Balaban J connectivity index is 1.72. The van der Waals surface area contributed by atoms with Gasteiger partial charge < -0.3 is 4.74 Å². The molecule has 4 aromatic rings. The number of nitriles is 1. The molecule has 5 heteroatoms. The number of hydrogen-bond donors (Lipinski definition) is 0. The van der Waals surface area contributed by atoms with Crippen molar-refractivity contribution in [3.8, 4) is 11.8 Å². The summed E-state index contributed by atoms with van der Waals surface area (Å²) in [6, 6.07) is 24.0. The van der Waals surface area contributed by atoms with Gasteiger partial charge in [0.2, 0.25) is 5.78 Å². The van der Waals surface area contributed by atoms with Crippen LogP contribution in [-0.4, -0.2) is 5.78 Å². The minimum Gasteiger partial charge on any atom is -0.487 e. The van der Waals surface area contributed by atoms with Gasteiger partial charge in [0, 0.05) is 20.7 Å². The number of hydrogen-bond acceptors (Lipinski definition) is 4. The molecule has 0 saturated heterocycles. The fourth-order valence-corrected chi connectivity index (χ4v) is 4.25. The van der Waals surface area contributed by atoms with E-state index in [4.69, 9.17) is 21.6 Å². The number of carbonyl (C=O) groups is 1. The zero-order valence-electron chi connectivity index (χ0n) is 14.7. The van der Waals surface area contributed by atoms with E-state index in [1.54, 1.807) is 24.3 Å². The number of fused-ring (bicyclic) bond motifs is 1. The summed E-state index contributed by atoms with van der Waals surface area (Å²) in [6.45, 7) is 0.314. The summed E-state index contributed by atoms with van der Waals surface area (Å²) < 4.78 is 7.08. The predicted octanol–water partition coefficient (Wildman–Crippen LogP) is 6.24. The van der Waals surface area contributed by atoms with Crippen LogP contribution in [0.1, 0.15) is 26.4 Å². The Kier molecular flexibility index (Phi) is 5.12. The highest BCUT2D eigenvalue weighted by Crippen LogP contribution is 2.39. The number of benzene rings is 3. The summed E-state index contributed by atoms with van der Waals surface area (Å²) in [5.41, 5.74) is 1.98. The predicted molar refractivity (Wildman–Crippen MR) is 112 cm³/mol. The topological polar surface area (TPSA) is 50.1 Å². The van der Waals surface area contributed by atoms with Crippen LogP contribution in [0.15, 0.2) is 72.8 Å². The molecule has 0 bridgehead atoms. The second-order valence-electron chi connectivity index (χ2n) is 6.19. The zero-order valence-corrected chi connectivity index (χ0v) is 16.3. The minimum atomic E-state index is -0.119. The van der Waals surface area contributed by atoms with E-state index in [0.29, 0.717) is 33.4 Å². The van der Waals surface area contributed by atoms with Gasteiger partial charge in [-0.1, -0.05) is 35.9 Å². The van der Waals surface area contributed by atoms with Crippen LogP contribution in [0.4, 0.5) is 0 Å². The Morgan fingerprint density at radius 3 is 2.57 bits per heavy atom. The lowest BCUT2D eigenvalue weighted by Gasteiger charge is -2.08. The van der Waals surface area contributed by atoms with Gasteiger partial charge in [0.15, 0.2) is 0 Å². The van der Waals surface area contributed by atoms with E-state index in [1.807, 2.05) is 48.5 Å². The van der Waals surface area contributed by atoms with Crippen molar-refractivity contribution >= 4 is 38.8 Å². The van der Waals surface area contributed by atoms with Gasteiger partial charge in [-0.15, -0.1) is 11.3 Å². The van der Waals surface area contributed by atoms with Gasteiger partial charge in [0.1, 0.15) is 17.2 Å². The Bertz CT molecular complexity index is 1210.